The number of anilines is 1. The van der Waals surface area contributed by atoms with Crippen molar-refractivity contribution in [2.45, 2.75) is 18.9 Å². The number of piperidine rings is 1. The topological polar surface area (TPSA) is 67.3 Å². The molecule has 1 aromatic heterocycles. The molecule has 1 aliphatic rings. The zero-order valence-corrected chi connectivity index (χ0v) is 10.5. The van der Waals surface area contributed by atoms with Crippen LogP contribution >= 0.6 is 0 Å². The van der Waals surface area contributed by atoms with Crippen LogP contribution in [0.3, 0.4) is 0 Å². The molecule has 1 fully saturated rings. The van der Waals surface area contributed by atoms with Gasteiger partial charge in [-0.05, 0) is 18.9 Å². The maximum atomic E-state index is 11.5. The largest absolute Gasteiger partial charge is 0.375 e. The van der Waals surface area contributed by atoms with E-state index in [1.165, 1.54) is 7.11 Å². The van der Waals surface area contributed by atoms with Gasteiger partial charge in [0.25, 0.3) is 0 Å². The lowest BCUT2D eigenvalue weighted by Gasteiger charge is -2.33. The van der Waals surface area contributed by atoms with E-state index >= 15 is 0 Å². The molecule has 1 aromatic rings. The number of ether oxygens (including phenoxy) is 1. The average molecular weight is 250 g/mol. The highest BCUT2D eigenvalue weighted by Crippen LogP contribution is 2.15. The van der Waals surface area contributed by atoms with Crippen molar-refractivity contribution in [1.29, 1.82) is 0 Å². The van der Waals surface area contributed by atoms with Crippen LogP contribution in [0.4, 0.5) is 5.95 Å². The first-order chi connectivity index (χ1) is 8.79. The van der Waals surface area contributed by atoms with E-state index in [9.17, 15) is 4.79 Å². The summed E-state index contributed by atoms with van der Waals surface area (Å²) < 4.78 is 4.81. The van der Waals surface area contributed by atoms with Gasteiger partial charge in [0.2, 0.25) is 11.9 Å². The standard InChI is InChI=1S/C12H18N4O2/c1-18-9-11(17)15-10-4-2-7-16(8-10)12-13-5-3-6-14-12/h3,5-6,10H,2,4,7-9H2,1H3,(H,15,17). The van der Waals surface area contributed by atoms with Crippen LogP contribution in [0.1, 0.15) is 12.8 Å². The molecule has 1 aliphatic heterocycles. The van der Waals surface area contributed by atoms with Crippen molar-refractivity contribution >= 4 is 11.9 Å². The molecule has 0 spiro atoms. The van der Waals surface area contributed by atoms with E-state index in [1.54, 1.807) is 18.5 Å². The average Bonchev–Trinajstić information content (AvgIpc) is 2.40. The fourth-order valence-electron chi connectivity index (χ4n) is 2.13. The summed E-state index contributed by atoms with van der Waals surface area (Å²) in [5, 5.41) is 2.96. The summed E-state index contributed by atoms with van der Waals surface area (Å²) in [6.07, 6.45) is 5.47. The first-order valence-corrected chi connectivity index (χ1v) is 6.10. The fourth-order valence-corrected chi connectivity index (χ4v) is 2.13. The summed E-state index contributed by atoms with van der Waals surface area (Å²) in [6.45, 7) is 1.79. The Morgan fingerprint density at radius 1 is 1.56 bits per heavy atom. The van der Waals surface area contributed by atoms with Gasteiger partial charge >= 0.3 is 0 Å². The molecule has 0 bridgehead atoms. The van der Waals surface area contributed by atoms with Crippen LogP contribution in [0, 0.1) is 0 Å². The number of hydrogen-bond acceptors (Lipinski definition) is 5. The van der Waals surface area contributed by atoms with Gasteiger partial charge in [-0.1, -0.05) is 0 Å². The molecule has 0 aliphatic carbocycles. The number of carbonyl (C=O) groups excluding carboxylic acids is 1. The van der Waals surface area contributed by atoms with Crippen molar-refractivity contribution in [2.75, 3.05) is 31.7 Å². The second-order valence-corrected chi connectivity index (χ2v) is 4.33. The van der Waals surface area contributed by atoms with E-state index in [4.69, 9.17) is 4.74 Å². The second-order valence-electron chi connectivity index (χ2n) is 4.33. The van der Waals surface area contributed by atoms with Crippen LogP contribution in [0.15, 0.2) is 18.5 Å². The van der Waals surface area contributed by atoms with Crippen LogP contribution in [-0.2, 0) is 9.53 Å². The Morgan fingerprint density at radius 2 is 2.33 bits per heavy atom. The van der Waals surface area contributed by atoms with E-state index in [2.05, 4.69) is 20.2 Å². The van der Waals surface area contributed by atoms with E-state index in [-0.39, 0.29) is 18.6 Å². The lowest BCUT2D eigenvalue weighted by atomic mass is 10.1. The van der Waals surface area contributed by atoms with Crippen LogP contribution in [-0.4, -0.2) is 48.7 Å². The SMILES string of the molecule is COCC(=O)NC1CCCN(c2ncccn2)C1. The van der Waals surface area contributed by atoms with E-state index in [0.717, 1.165) is 31.9 Å². The first kappa shape index (κ1) is 12.8. The van der Waals surface area contributed by atoms with Crippen molar-refractivity contribution in [1.82, 2.24) is 15.3 Å². The van der Waals surface area contributed by atoms with Gasteiger partial charge in [-0.15, -0.1) is 0 Å². The molecule has 0 saturated carbocycles. The smallest absolute Gasteiger partial charge is 0.246 e. The molecule has 0 radical (unpaired) electrons. The Kier molecular flexibility index (Phi) is 4.46. The predicted molar refractivity (Wildman–Crippen MR) is 67.3 cm³/mol. The minimum atomic E-state index is -0.0710. The number of methoxy groups -OCH3 is 1. The van der Waals surface area contributed by atoms with Gasteiger partial charge in [-0.2, -0.15) is 0 Å². The number of amides is 1. The highest BCUT2D eigenvalue weighted by molar-refractivity contribution is 5.77. The number of hydrogen-bond donors (Lipinski definition) is 1. The van der Waals surface area contributed by atoms with Crippen LogP contribution in [0.25, 0.3) is 0 Å². The highest BCUT2D eigenvalue weighted by Gasteiger charge is 2.22. The molecular formula is C12H18N4O2. The Bertz CT molecular complexity index is 385. The number of carbonyl (C=O) groups is 1. The van der Waals surface area contributed by atoms with E-state index in [1.807, 2.05) is 0 Å². The van der Waals surface area contributed by atoms with Gasteiger partial charge in [0.05, 0.1) is 0 Å². The zero-order chi connectivity index (χ0) is 12.8. The molecule has 1 saturated heterocycles. The van der Waals surface area contributed by atoms with Crippen LogP contribution in [0.5, 0.6) is 0 Å². The van der Waals surface area contributed by atoms with Gasteiger partial charge in [0.15, 0.2) is 0 Å². The second kappa shape index (κ2) is 6.30. The molecule has 6 heteroatoms. The molecule has 0 aromatic carbocycles. The number of nitrogens with one attached hydrogen (secondary N) is 1. The molecule has 1 unspecified atom stereocenters. The normalized spacial score (nSPS) is 19.6. The molecule has 6 nitrogen and oxygen atoms in total. The summed E-state index contributed by atoms with van der Waals surface area (Å²) in [7, 11) is 1.52. The number of rotatable bonds is 4. The van der Waals surface area contributed by atoms with Gasteiger partial charge in [0.1, 0.15) is 6.61 Å². The summed E-state index contributed by atoms with van der Waals surface area (Å²) in [4.78, 5) is 22.0. The number of nitrogens with zero attached hydrogens (tertiary/aromatic N) is 3. The van der Waals surface area contributed by atoms with Crippen molar-refractivity contribution < 1.29 is 9.53 Å². The molecule has 2 heterocycles. The molecule has 18 heavy (non-hydrogen) atoms. The van der Waals surface area contributed by atoms with Crippen LogP contribution in [0.2, 0.25) is 0 Å². The summed E-state index contributed by atoms with van der Waals surface area (Å²) >= 11 is 0. The monoisotopic (exact) mass is 250 g/mol. The highest BCUT2D eigenvalue weighted by atomic mass is 16.5. The number of aromatic nitrogens is 2. The van der Waals surface area contributed by atoms with Gasteiger partial charge < -0.3 is 15.0 Å². The minimum absolute atomic E-state index is 0.0710. The van der Waals surface area contributed by atoms with Crippen molar-refractivity contribution in [3.8, 4) is 0 Å². The quantitative estimate of drug-likeness (QED) is 0.827. The maximum absolute atomic E-state index is 11.5. The first-order valence-electron chi connectivity index (χ1n) is 6.10. The molecular weight excluding hydrogens is 232 g/mol. The molecule has 1 atom stereocenters. The maximum Gasteiger partial charge on any atom is 0.246 e. The Hall–Kier alpha value is -1.69. The molecule has 2 rings (SSSR count). The third-order valence-corrected chi connectivity index (χ3v) is 2.90. The Labute approximate surface area is 106 Å². The van der Waals surface area contributed by atoms with Crippen LogP contribution < -0.4 is 10.2 Å². The minimum Gasteiger partial charge on any atom is -0.375 e. The molecule has 1 amide bonds. The van der Waals surface area contributed by atoms with Gasteiger partial charge in [-0.25, -0.2) is 9.97 Å². The van der Waals surface area contributed by atoms with Crippen molar-refractivity contribution in [3.05, 3.63) is 18.5 Å². The van der Waals surface area contributed by atoms with E-state index < -0.39 is 0 Å². The summed E-state index contributed by atoms with van der Waals surface area (Å²) in [5.41, 5.74) is 0. The van der Waals surface area contributed by atoms with Crippen molar-refractivity contribution in [3.63, 3.8) is 0 Å². The predicted octanol–water partition coefficient (Wildman–Crippen LogP) is 0.208. The molecule has 98 valence electrons. The van der Waals surface area contributed by atoms with Crippen molar-refractivity contribution in [2.24, 2.45) is 0 Å². The zero-order valence-electron chi connectivity index (χ0n) is 10.5. The molecule has 1 N–H and O–H groups in total. The summed E-state index contributed by atoms with van der Waals surface area (Å²) in [5.74, 6) is 0.654. The van der Waals surface area contributed by atoms with Gasteiger partial charge in [0, 0.05) is 38.6 Å². The lowest BCUT2D eigenvalue weighted by Crippen LogP contribution is -2.49. The van der Waals surface area contributed by atoms with E-state index in [0.29, 0.717) is 0 Å². The third-order valence-electron chi connectivity index (χ3n) is 2.90. The third kappa shape index (κ3) is 3.40. The Balaban J connectivity index is 1.91. The van der Waals surface area contributed by atoms with Gasteiger partial charge in [-0.3, -0.25) is 4.79 Å². The lowest BCUT2D eigenvalue weighted by molar-refractivity contribution is -0.125. The fraction of sp³-hybridized carbons (Fsp3) is 0.583. The Morgan fingerprint density at radius 3 is 3.06 bits per heavy atom. The summed E-state index contributed by atoms with van der Waals surface area (Å²) in [6, 6.07) is 1.94.